The zero-order valence-electron chi connectivity index (χ0n) is 15.4. The minimum Gasteiger partial charge on any atom is -0.292 e. The molecule has 0 aliphatic heterocycles. The molecule has 0 heterocycles. The van der Waals surface area contributed by atoms with Crippen molar-refractivity contribution >= 4 is 17.3 Å². The SMILES string of the molecule is O=C(NNc1ccc(C(F)(F)F)cc1[N+](=O)[O-])C(c1ccccc1)c1ccccc1. The molecule has 154 valence electrons. The summed E-state index contributed by atoms with van der Waals surface area (Å²) in [5, 5.41) is 11.2. The lowest BCUT2D eigenvalue weighted by Crippen LogP contribution is -2.34. The van der Waals surface area contributed by atoms with Crippen LogP contribution < -0.4 is 10.9 Å². The summed E-state index contributed by atoms with van der Waals surface area (Å²) in [6.45, 7) is 0. The van der Waals surface area contributed by atoms with Gasteiger partial charge in [-0.05, 0) is 23.3 Å². The van der Waals surface area contributed by atoms with Gasteiger partial charge in [0.1, 0.15) is 5.69 Å². The van der Waals surface area contributed by atoms with Crippen LogP contribution in [0.15, 0.2) is 78.9 Å². The van der Waals surface area contributed by atoms with Crippen LogP contribution in [0.2, 0.25) is 0 Å². The van der Waals surface area contributed by atoms with Gasteiger partial charge in [0.15, 0.2) is 0 Å². The summed E-state index contributed by atoms with van der Waals surface area (Å²) < 4.78 is 38.5. The quantitative estimate of drug-likeness (QED) is 0.444. The van der Waals surface area contributed by atoms with Gasteiger partial charge in [-0.1, -0.05) is 60.7 Å². The number of carbonyl (C=O) groups excluding carboxylic acids is 1. The standard InChI is InChI=1S/C21H16F3N3O3/c22-21(23,24)16-11-12-17(18(13-16)27(29)30)25-26-20(28)19(14-7-3-1-4-8-14)15-9-5-2-6-10-15/h1-13,19,25H,(H,26,28). The number of hydrogen-bond acceptors (Lipinski definition) is 4. The first-order valence-corrected chi connectivity index (χ1v) is 8.79. The molecule has 3 rings (SSSR count). The van der Waals surface area contributed by atoms with Gasteiger partial charge in [0.25, 0.3) is 5.69 Å². The van der Waals surface area contributed by atoms with Gasteiger partial charge in [0, 0.05) is 6.07 Å². The smallest absolute Gasteiger partial charge is 0.292 e. The molecule has 3 aromatic rings. The Hall–Kier alpha value is -3.88. The number of benzene rings is 3. The molecule has 0 saturated carbocycles. The topological polar surface area (TPSA) is 84.3 Å². The number of alkyl halides is 3. The zero-order valence-corrected chi connectivity index (χ0v) is 15.4. The van der Waals surface area contributed by atoms with Gasteiger partial charge in [-0.2, -0.15) is 13.2 Å². The Labute approximate surface area is 169 Å². The molecule has 6 nitrogen and oxygen atoms in total. The van der Waals surface area contributed by atoms with E-state index >= 15 is 0 Å². The van der Waals surface area contributed by atoms with Gasteiger partial charge >= 0.3 is 6.18 Å². The summed E-state index contributed by atoms with van der Waals surface area (Å²) in [6, 6.07) is 19.7. The molecule has 0 radical (unpaired) electrons. The van der Waals surface area contributed by atoms with Gasteiger partial charge in [0.2, 0.25) is 5.91 Å². The van der Waals surface area contributed by atoms with Crippen LogP contribution in [0.25, 0.3) is 0 Å². The number of nitrogens with zero attached hydrogens (tertiary/aromatic N) is 1. The molecule has 0 aromatic heterocycles. The Morgan fingerprint density at radius 2 is 1.43 bits per heavy atom. The molecule has 30 heavy (non-hydrogen) atoms. The summed E-state index contributed by atoms with van der Waals surface area (Å²) >= 11 is 0. The number of hydrogen-bond donors (Lipinski definition) is 2. The number of amides is 1. The molecule has 0 spiro atoms. The van der Waals surface area contributed by atoms with Crippen molar-refractivity contribution in [1.29, 1.82) is 0 Å². The normalized spacial score (nSPS) is 11.2. The highest BCUT2D eigenvalue weighted by molar-refractivity contribution is 5.88. The number of nitro benzene ring substituents is 1. The number of nitrogens with one attached hydrogen (secondary N) is 2. The fraction of sp³-hybridized carbons (Fsp3) is 0.0952. The van der Waals surface area contributed by atoms with Crippen molar-refractivity contribution in [3.05, 3.63) is 106 Å². The molecule has 0 atom stereocenters. The highest BCUT2D eigenvalue weighted by Crippen LogP contribution is 2.35. The van der Waals surface area contributed by atoms with Gasteiger partial charge in [-0.25, -0.2) is 0 Å². The van der Waals surface area contributed by atoms with E-state index in [1.807, 2.05) is 0 Å². The molecular formula is C21H16F3N3O3. The maximum absolute atomic E-state index is 12.9. The highest BCUT2D eigenvalue weighted by atomic mass is 19.4. The molecule has 0 aliphatic carbocycles. The maximum Gasteiger partial charge on any atom is 0.416 e. The molecular weight excluding hydrogens is 399 g/mol. The van der Waals surface area contributed by atoms with Crippen LogP contribution in [-0.4, -0.2) is 10.8 Å². The van der Waals surface area contributed by atoms with Gasteiger partial charge in [-0.15, -0.1) is 0 Å². The van der Waals surface area contributed by atoms with Gasteiger partial charge < -0.3 is 0 Å². The summed E-state index contributed by atoms with van der Waals surface area (Å²) in [5.74, 6) is -1.25. The van der Waals surface area contributed by atoms with Crippen molar-refractivity contribution in [2.75, 3.05) is 5.43 Å². The predicted octanol–water partition coefficient (Wildman–Crippen LogP) is 4.89. The number of nitro groups is 1. The Kier molecular flexibility index (Phi) is 6.01. The first-order chi connectivity index (χ1) is 14.3. The van der Waals surface area contributed by atoms with E-state index in [-0.39, 0.29) is 5.69 Å². The summed E-state index contributed by atoms with van der Waals surface area (Å²) in [7, 11) is 0. The number of carbonyl (C=O) groups is 1. The average Bonchev–Trinajstić information content (AvgIpc) is 2.73. The molecule has 9 heteroatoms. The molecule has 0 bridgehead atoms. The van der Waals surface area contributed by atoms with Crippen molar-refractivity contribution in [3.63, 3.8) is 0 Å². The minimum absolute atomic E-state index is 0.263. The minimum atomic E-state index is -4.72. The van der Waals surface area contributed by atoms with E-state index in [1.54, 1.807) is 60.7 Å². The van der Waals surface area contributed by atoms with E-state index in [9.17, 15) is 28.1 Å². The Morgan fingerprint density at radius 1 is 0.900 bits per heavy atom. The third-order valence-electron chi connectivity index (χ3n) is 4.37. The van der Waals surface area contributed by atoms with Crippen LogP contribution >= 0.6 is 0 Å². The van der Waals surface area contributed by atoms with Gasteiger partial charge in [-0.3, -0.25) is 25.8 Å². The van der Waals surface area contributed by atoms with E-state index in [0.717, 1.165) is 6.07 Å². The summed E-state index contributed by atoms with van der Waals surface area (Å²) in [6.07, 6.45) is -4.72. The number of halogens is 3. The molecule has 3 aromatic carbocycles. The van der Waals surface area contributed by atoms with E-state index in [4.69, 9.17) is 0 Å². The van der Waals surface area contributed by atoms with Crippen molar-refractivity contribution in [3.8, 4) is 0 Å². The van der Waals surface area contributed by atoms with E-state index in [1.165, 1.54) is 0 Å². The van der Waals surface area contributed by atoms with E-state index in [2.05, 4.69) is 10.9 Å². The lowest BCUT2D eigenvalue weighted by Gasteiger charge is -2.19. The second kappa shape index (κ2) is 8.64. The van der Waals surface area contributed by atoms with Crippen LogP contribution in [0.1, 0.15) is 22.6 Å². The van der Waals surface area contributed by atoms with Crippen LogP contribution in [0, 0.1) is 10.1 Å². The number of hydrazine groups is 1. The molecule has 2 N–H and O–H groups in total. The number of rotatable bonds is 6. The van der Waals surface area contributed by atoms with E-state index < -0.39 is 34.2 Å². The first-order valence-electron chi connectivity index (χ1n) is 8.79. The first kappa shape index (κ1) is 20.8. The largest absolute Gasteiger partial charge is 0.416 e. The second-order valence-corrected chi connectivity index (χ2v) is 6.36. The molecule has 0 unspecified atom stereocenters. The Balaban J connectivity index is 1.86. The summed E-state index contributed by atoms with van der Waals surface area (Å²) in [4.78, 5) is 23.2. The van der Waals surface area contributed by atoms with Gasteiger partial charge in [0.05, 0.1) is 16.4 Å². The molecule has 1 amide bonds. The fourth-order valence-corrected chi connectivity index (χ4v) is 2.95. The van der Waals surface area contributed by atoms with Crippen molar-refractivity contribution in [2.45, 2.75) is 12.1 Å². The lowest BCUT2D eigenvalue weighted by atomic mass is 9.91. The third kappa shape index (κ3) is 4.75. The van der Waals surface area contributed by atoms with Crippen LogP contribution in [0.3, 0.4) is 0 Å². The Morgan fingerprint density at radius 3 is 1.90 bits per heavy atom. The molecule has 0 fully saturated rings. The second-order valence-electron chi connectivity index (χ2n) is 6.36. The lowest BCUT2D eigenvalue weighted by molar-refractivity contribution is -0.384. The van der Waals surface area contributed by atoms with E-state index in [0.29, 0.717) is 23.3 Å². The van der Waals surface area contributed by atoms with Crippen molar-refractivity contribution in [1.82, 2.24) is 5.43 Å². The zero-order chi connectivity index (χ0) is 21.7. The molecule has 0 saturated heterocycles. The van der Waals surface area contributed by atoms with Crippen molar-refractivity contribution in [2.24, 2.45) is 0 Å². The van der Waals surface area contributed by atoms with Crippen LogP contribution in [0.5, 0.6) is 0 Å². The van der Waals surface area contributed by atoms with Crippen molar-refractivity contribution < 1.29 is 22.9 Å². The summed E-state index contributed by atoms with van der Waals surface area (Å²) in [5.41, 5.74) is 3.91. The highest BCUT2D eigenvalue weighted by Gasteiger charge is 2.33. The Bertz CT molecular complexity index is 1000. The maximum atomic E-state index is 12.9. The predicted molar refractivity (Wildman–Crippen MR) is 105 cm³/mol. The van der Waals surface area contributed by atoms with Crippen LogP contribution in [-0.2, 0) is 11.0 Å². The monoisotopic (exact) mass is 415 g/mol. The average molecular weight is 415 g/mol. The third-order valence-corrected chi connectivity index (χ3v) is 4.37. The number of anilines is 1. The van der Waals surface area contributed by atoms with Crippen LogP contribution in [0.4, 0.5) is 24.5 Å². The fourth-order valence-electron chi connectivity index (χ4n) is 2.95. The molecule has 0 aliphatic rings.